The van der Waals surface area contributed by atoms with E-state index in [9.17, 15) is 0 Å². The summed E-state index contributed by atoms with van der Waals surface area (Å²) in [6, 6.07) is 97.3. The first-order valence-corrected chi connectivity index (χ1v) is 32.9. The third-order valence-electron chi connectivity index (χ3n) is 18.9. The number of unbranched alkanes of at least 4 members (excludes halogenated alkanes) is 10. The highest BCUT2D eigenvalue weighted by atomic mass is 15.1. The molecule has 88 heavy (non-hydrogen) atoms. The van der Waals surface area contributed by atoms with Gasteiger partial charge >= 0.3 is 0 Å². The molecule has 12 aromatic rings. The fourth-order valence-electron chi connectivity index (χ4n) is 14.2. The van der Waals surface area contributed by atoms with E-state index in [-0.39, 0.29) is 5.41 Å². The first-order valence-electron chi connectivity index (χ1n) is 32.9. The van der Waals surface area contributed by atoms with Crippen LogP contribution in [0.1, 0.15) is 126 Å². The lowest BCUT2D eigenvalue weighted by Gasteiger charge is -2.33. The molecule has 438 valence electrons. The summed E-state index contributed by atoms with van der Waals surface area (Å²) in [6.45, 7) is 9.11. The minimum atomic E-state index is 0.0406. The number of anilines is 6. The van der Waals surface area contributed by atoms with Gasteiger partial charge in [-0.15, -0.1) is 0 Å². The first-order chi connectivity index (χ1) is 43.4. The maximum atomic E-state index is 2.60. The lowest BCUT2D eigenvalue weighted by molar-refractivity contribution is 0.398. The summed E-state index contributed by atoms with van der Waals surface area (Å²) < 4.78 is 2.43. The van der Waals surface area contributed by atoms with Gasteiger partial charge in [-0.2, -0.15) is 0 Å². The summed E-state index contributed by atoms with van der Waals surface area (Å²) in [5.41, 5.74) is 26.3. The van der Waals surface area contributed by atoms with E-state index >= 15 is 0 Å². The molecule has 0 atom stereocenters. The molecule has 0 aliphatic heterocycles. The second-order valence-electron chi connectivity index (χ2n) is 24.9. The van der Waals surface area contributed by atoms with Crippen molar-refractivity contribution in [2.24, 2.45) is 0 Å². The Morgan fingerprint density at radius 2 is 0.670 bits per heavy atom. The van der Waals surface area contributed by atoms with Crippen molar-refractivity contribution in [3.05, 3.63) is 283 Å². The number of rotatable bonds is 24. The summed E-state index contributed by atoms with van der Waals surface area (Å²) in [5, 5.41) is 2.49. The molecule has 1 aromatic heterocycles. The number of hydrogen-bond acceptors (Lipinski definition) is 2. The quantitative estimate of drug-likeness (QED) is 0.0559. The number of para-hydroxylation sites is 3. The molecule has 0 saturated heterocycles. The molecule has 0 unspecified atom stereocenters. The topological polar surface area (TPSA) is 11.4 Å². The van der Waals surface area contributed by atoms with E-state index < -0.39 is 0 Å². The molecule has 1 heterocycles. The molecule has 0 amide bonds. The number of aryl methyl sites for hydroxylation is 2. The lowest BCUT2D eigenvalue weighted by atomic mass is 9.70. The van der Waals surface area contributed by atoms with Crippen LogP contribution in [0, 0.1) is 13.8 Å². The summed E-state index contributed by atoms with van der Waals surface area (Å²) >= 11 is 0. The third-order valence-corrected chi connectivity index (χ3v) is 18.9. The average Bonchev–Trinajstić information content (AvgIpc) is 2.03. The Balaban J connectivity index is 0.785. The molecule has 3 nitrogen and oxygen atoms in total. The van der Waals surface area contributed by atoms with Gasteiger partial charge in [0.1, 0.15) is 0 Å². The van der Waals surface area contributed by atoms with Crippen molar-refractivity contribution in [1.82, 2.24) is 4.57 Å². The Labute approximate surface area is 523 Å². The summed E-state index contributed by atoms with van der Waals surface area (Å²) in [4.78, 5) is 4.71. The molecule has 3 heteroatoms. The molecule has 1 aliphatic rings. The van der Waals surface area contributed by atoms with Gasteiger partial charge in [-0.3, -0.25) is 0 Å². The van der Waals surface area contributed by atoms with Crippen molar-refractivity contribution in [3.8, 4) is 50.2 Å². The van der Waals surface area contributed by atoms with Crippen molar-refractivity contribution < 1.29 is 0 Å². The normalized spacial score (nSPS) is 12.4. The zero-order valence-electron chi connectivity index (χ0n) is 52.1. The summed E-state index contributed by atoms with van der Waals surface area (Å²) in [6.07, 6.45) is 18.3. The van der Waals surface area contributed by atoms with E-state index in [0.29, 0.717) is 0 Å². The number of hydrogen-bond donors (Lipinski definition) is 0. The van der Waals surface area contributed by atoms with E-state index in [1.165, 1.54) is 167 Å². The van der Waals surface area contributed by atoms with E-state index in [1.807, 2.05) is 0 Å². The lowest BCUT2D eigenvalue weighted by Crippen LogP contribution is -2.25. The van der Waals surface area contributed by atoms with Crippen molar-refractivity contribution in [2.45, 2.75) is 123 Å². The zero-order chi connectivity index (χ0) is 59.8. The van der Waals surface area contributed by atoms with Gasteiger partial charge in [0.25, 0.3) is 0 Å². The Bertz CT molecular complexity index is 4220. The molecule has 11 aromatic carbocycles. The predicted octanol–water partition coefficient (Wildman–Crippen LogP) is 25.1. The van der Waals surface area contributed by atoms with Crippen molar-refractivity contribution in [2.75, 3.05) is 9.80 Å². The molecular weight excluding hydrogens is 1060 g/mol. The predicted molar refractivity (Wildman–Crippen MR) is 378 cm³/mol. The van der Waals surface area contributed by atoms with Crippen molar-refractivity contribution >= 4 is 55.9 Å². The molecule has 0 fully saturated rings. The minimum absolute atomic E-state index is 0.0406. The summed E-state index contributed by atoms with van der Waals surface area (Å²) in [7, 11) is 0. The highest BCUT2D eigenvalue weighted by molar-refractivity contribution is 6.10. The van der Waals surface area contributed by atoms with Gasteiger partial charge in [0.15, 0.2) is 0 Å². The highest BCUT2D eigenvalue weighted by Crippen LogP contribution is 2.55. The van der Waals surface area contributed by atoms with Crippen LogP contribution in [-0.4, -0.2) is 4.57 Å². The van der Waals surface area contributed by atoms with Gasteiger partial charge < -0.3 is 14.4 Å². The fraction of sp³-hybridized carbons (Fsp3) is 0.224. The minimum Gasteiger partial charge on any atom is -0.311 e. The molecule has 0 spiro atoms. The average molecular weight is 1150 g/mol. The number of aromatic nitrogens is 1. The van der Waals surface area contributed by atoms with Crippen LogP contribution in [-0.2, 0) is 5.41 Å². The maximum absolute atomic E-state index is 2.60. The largest absolute Gasteiger partial charge is 0.311 e. The van der Waals surface area contributed by atoms with Crippen LogP contribution < -0.4 is 9.80 Å². The third kappa shape index (κ3) is 11.9. The van der Waals surface area contributed by atoms with E-state index in [4.69, 9.17) is 0 Å². The van der Waals surface area contributed by atoms with Crippen molar-refractivity contribution in [1.29, 1.82) is 0 Å². The Kier molecular flexibility index (Phi) is 17.4. The molecule has 0 saturated carbocycles. The van der Waals surface area contributed by atoms with E-state index in [0.717, 1.165) is 39.8 Å². The SMILES string of the molecule is CCCCCCCCC1(CCCCCCCC)c2cc(C)ccc2-c2ccc(-c3ccc(N(c4ccc(C)cc4)c4ccc(-c5ccc6c7ccccc7n(-c7ccc(-c8ccc(N(c9ccccc9)c9ccccc9)cc8)cc7)c6c5)cc4)cc3)cc21. The van der Waals surface area contributed by atoms with Gasteiger partial charge in [-0.1, -0.05) is 260 Å². The highest BCUT2D eigenvalue weighted by Gasteiger charge is 2.42. The molecule has 1 aliphatic carbocycles. The Morgan fingerprint density at radius 1 is 0.295 bits per heavy atom. The first kappa shape index (κ1) is 57.9. The van der Waals surface area contributed by atoms with Gasteiger partial charge in [-0.25, -0.2) is 0 Å². The summed E-state index contributed by atoms with van der Waals surface area (Å²) in [5.74, 6) is 0. The number of fused-ring (bicyclic) bond motifs is 6. The second-order valence-corrected chi connectivity index (χ2v) is 24.9. The second kappa shape index (κ2) is 26.4. The van der Waals surface area contributed by atoms with Gasteiger partial charge in [-0.05, 0) is 185 Å². The smallest absolute Gasteiger partial charge is 0.0547 e. The van der Waals surface area contributed by atoms with Gasteiger partial charge in [0, 0.05) is 56.0 Å². The molecular formula is C85H83N3. The number of nitrogens with zero attached hydrogens (tertiary/aromatic N) is 3. The van der Waals surface area contributed by atoms with Gasteiger partial charge in [0.05, 0.1) is 11.0 Å². The standard InChI is InChI=1S/C85H83N3/c1-5-7-9-11-13-23-57-85(58-24-14-12-10-8-6-2)81-59-63(4)33-54-77(81)78-55-42-68(60-82(78)85)66-38-48-74(49-39-66)87(72-44-31-62(3)32-45-72)75-50-40-67(41-51-75)69-43-56-80-79-29-21-22-30-83(79)88(84(80)61-69)76-52-36-65(37-53-76)64-34-46-73(47-35-64)86(70-25-17-15-18-26-70)71-27-19-16-20-28-71/h15-22,25-56,59-61H,5-14,23-24,57-58H2,1-4H3. The van der Waals surface area contributed by atoms with Crippen LogP contribution in [0.2, 0.25) is 0 Å². The van der Waals surface area contributed by atoms with Crippen LogP contribution >= 0.6 is 0 Å². The fourth-order valence-corrected chi connectivity index (χ4v) is 14.2. The van der Waals surface area contributed by atoms with Crippen LogP contribution in [0.15, 0.2) is 261 Å². The van der Waals surface area contributed by atoms with Crippen LogP contribution in [0.3, 0.4) is 0 Å². The van der Waals surface area contributed by atoms with Crippen LogP contribution in [0.25, 0.3) is 72.0 Å². The van der Waals surface area contributed by atoms with Gasteiger partial charge in [0.2, 0.25) is 0 Å². The molecule has 0 radical (unpaired) electrons. The van der Waals surface area contributed by atoms with Crippen molar-refractivity contribution in [3.63, 3.8) is 0 Å². The molecule has 13 rings (SSSR count). The molecule has 0 bridgehead atoms. The van der Waals surface area contributed by atoms with E-state index in [1.54, 1.807) is 11.1 Å². The van der Waals surface area contributed by atoms with E-state index in [2.05, 4.69) is 303 Å². The Hall–Kier alpha value is -9.18. The maximum Gasteiger partial charge on any atom is 0.0547 e. The monoisotopic (exact) mass is 1150 g/mol. The van der Waals surface area contributed by atoms with Crippen LogP contribution in [0.5, 0.6) is 0 Å². The number of benzene rings is 11. The molecule has 0 N–H and O–H groups in total. The van der Waals surface area contributed by atoms with Crippen LogP contribution in [0.4, 0.5) is 34.1 Å². The Morgan fingerprint density at radius 3 is 1.20 bits per heavy atom. The zero-order valence-corrected chi connectivity index (χ0v) is 52.1.